The molecule has 1 amide bonds. The number of primary amides is 1. The molecular formula is C23H24N4O. The van der Waals surface area contributed by atoms with Crippen molar-refractivity contribution in [2.75, 3.05) is 5.32 Å². The van der Waals surface area contributed by atoms with Crippen LogP contribution in [0.5, 0.6) is 0 Å². The Balaban J connectivity index is 1.50. The highest BCUT2D eigenvalue weighted by atomic mass is 16.1. The fraction of sp³-hybridized carbons (Fsp3) is 0.391. The van der Waals surface area contributed by atoms with Crippen LogP contribution >= 0.6 is 0 Å². The molecular weight excluding hydrogens is 348 g/mol. The van der Waals surface area contributed by atoms with Gasteiger partial charge in [-0.3, -0.25) is 9.89 Å². The molecule has 0 spiro atoms. The zero-order valence-electron chi connectivity index (χ0n) is 15.7. The summed E-state index contributed by atoms with van der Waals surface area (Å²) in [7, 11) is 0. The predicted molar refractivity (Wildman–Crippen MR) is 109 cm³/mol. The number of amides is 1. The van der Waals surface area contributed by atoms with E-state index >= 15 is 0 Å². The lowest BCUT2D eigenvalue weighted by atomic mass is 9.63. The molecule has 2 unspecified atom stereocenters. The molecule has 2 bridgehead atoms. The summed E-state index contributed by atoms with van der Waals surface area (Å²) < 4.78 is 0. The lowest BCUT2D eigenvalue weighted by Gasteiger charge is -2.47. The molecule has 1 aromatic heterocycles. The van der Waals surface area contributed by atoms with Gasteiger partial charge in [0.15, 0.2) is 0 Å². The van der Waals surface area contributed by atoms with Gasteiger partial charge in [-0.15, -0.1) is 0 Å². The van der Waals surface area contributed by atoms with Crippen molar-refractivity contribution in [2.24, 2.45) is 23.5 Å². The Hall–Kier alpha value is -2.82. The van der Waals surface area contributed by atoms with E-state index in [1.807, 2.05) is 18.3 Å². The molecule has 2 heterocycles. The second-order valence-electron chi connectivity index (χ2n) is 8.83. The zero-order valence-corrected chi connectivity index (χ0v) is 15.7. The molecule has 6 rings (SSSR count). The number of anilines is 1. The minimum Gasteiger partial charge on any atom is -0.378 e. The Bertz CT molecular complexity index is 1070. The second kappa shape index (κ2) is 5.84. The van der Waals surface area contributed by atoms with Crippen molar-refractivity contribution in [3.8, 4) is 0 Å². The van der Waals surface area contributed by atoms with Crippen LogP contribution in [0, 0.1) is 17.8 Å². The lowest BCUT2D eigenvalue weighted by molar-refractivity contribution is 0.100. The quantitative estimate of drug-likeness (QED) is 0.625. The fourth-order valence-corrected chi connectivity index (χ4v) is 6.31. The maximum atomic E-state index is 11.5. The Kier molecular flexibility index (Phi) is 3.37. The van der Waals surface area contributed by atoms with Gasteiger partial charge in [0.25, 0.3) is 0 Å². The molecule has 3 aliphatic rings. The number of H-pyrrole nitrogens is 1. The van der Waals surface area contributed by atoms with E-state index in [-0.39, 0.29) is 11.9 Å². The molecule has 2 fully saturated rings. The summed E-state index contributed by atoms with van der Waals surface area (Å²) in [5, 5.41) is 12.6. The van der Waals surface area contributed by atoms with E-state index in [0.29, 0.717) is 17.4 Å². The number of benzene rings is 2. The van der Waals surface area contributed by atoms with Crippen LogP contribution in [0.2, 0.25) is 0 Å². The van der Waals surface area contributed by atoms with E-state index in [1.165, 1.54) is 47.9 Å². The molecule has 0 radical (unpaired) electrons. The summed E-state index contributed by atoms with van der Waals surface area (Å²) in [5.41, 5.74) is 11.1. The standard InChI is InChI=1S/C23H24N4O/c24-23(28)14-5-3-13(4-6-14)22-16-10-12-1-2-15(9-12)20(16)21-17-11-25-27-18(17)7-8-19(21)26-22/h3-8,11-12,15-16,20,22,26H,1-2,9-10H2,(H2,24,28)(H,25,27)/t12?,15?,16-,20+,22+/m1/s1. The van der Waals surface area contributed by atoms with Crippen molar-refractivity contribution >= 4 is 22.5 Å². The third-order valence-electron chi connectivity index (χ3n) is 7.45. The number of nitrogens with one attached hydrogen (secondary N) is 2. The molecule has 0 saturated heterocycles. The minimum absolute atomic E-state index is 0.271. The van der Waals surface area contributed by atoms with Gasteiger partial charge >= 0.3 is 0 Å². The van der Waals surface area contributed by atoms with Crippen LogP contribution in [-0.4, -0.2) is 16.1 Å². The molecule has 3 aromatic rings. The normalized spacial score (nSPS) is 30.5. The van der Waals surface area contributed by atoms with Gasteiger partial charge in [-0.25, -0.2) is 0 Å². The summed E-state index contributed by atoms with van der Waals surface area (Å²) >= 11 is 0. The van der Waals surface area contributed by atoms with Crippen molar-refractivity contribution in [3.63, 3.8) is 0 Å². The van der Waals surface area contributed by atoms with Gasteiger partial charge in [0.1, 0.15) is 0 Å². The zero-order chi connectivity index (χ0) is 18.8. The third kappa shape index (κ3) is 2.25. The number of carbonyl (C=O) groups is 1. The molecule has 2 aliphatic carbocycles. The van der Waals surface area contributed by atoms with Crippen LogP contribution in [0.25, 0.3) is 10.9 Å². The number of fused-ring (bicyclic) bond motifs is 8. The van der Waals surface area contributed by atoms with Crippen molar-refractivity contribution in [1.82, 2.24) is 10.2 Å². The predicted octanol–water partition coefficient (Wildman–Crippen LogP) is 4.35. The first-order chi connectivity index (χ1) is 13.7. The summed E-state index contributed by atoms with van der Waals surface area (Å²) in [6.45, 7) is 0. The van der Waals surface area contributed by atoms with Crippen LogP contribution < -0.4 is 11.1 Å². The van der Waals surface area contributed by atoms with Crippen LogP contribution in [0.4, 0.5) is 5.69 Å². The first-order valence-corrected chi connectivity index (χ1v) is 10.3. The Morgan fingerprint density at radius 2 is 1.93 bits per heavy atom. The van der Waals surface area contributed by atoms with Crippen LogP contribution in [0.1, 0.15) is 59.1 Å². The van der Waals surface area contributed by atoms with Gasteiger partial charge < -0.3 is 11.1 Å². The third-order valence-corrected chi connectivity index (χ3v) is 7.45. The molecule has 142 valence electrons. The Morgan fingerprint density at radius 3 is 2.75 bits per heavy atom. The largest absolute Gasteiger partial charge is 0.378 e. The highest BCUT2D eigenvalue weighted by Crippen LogP contribution is 2.60. The van der Waals surface area contributed by atoms with Gasteiger partial charge in [-0.2, -0.15) is 5.10 Å². The molecule has 2 saturated carbocycles. The Labute approximate surface area is 163 Å². The second-order valence-corrected chi connectivity index (χ2v) is 8.83. The average Bonchev–Trinajstić information content (AvgIpc) is 3.34. The topological polar surface area (TPSA) is 83.8 Å². The summed E-state index contributed by atoms with van der Waals surface area (Å²) in [6, 6.07) is 12.5. The average molecular weight is 372 g/mol. The minimum atomic E-state index is -0.371. The van der Waals surface area contributed by atoms with Crippen LogP contribution in [-0.2, 0) is 0 Å². The van der Waals surface area contributed by atoms with Crippen LogP contribution in [0.15, 0.2) is 42.6 Å². The number of aromatic amines is 1. The first-order valence-electron chi connectivity index (χ1n) is 10.3. The summed E-state index contributed by atoms with van der Waals surface area (Å²) in [4.78, 5) is 11.5. The summed E-state index contributed by atoms with van der Waals surface area (Å²) in [5.74, 6) is 2.38. The Morgan fingerprint density at radius 1 is 1.07 bits per heavy atom. The number of rotatable bonds is 2. The van der Waals surface area contributed by atoms with Crippen molar-refractivity contribution in [3.05, 3.63) is 59.3 Å². The number of nitrogens with zero attached hydrogens (tertiary/aromatic N) is 1. The molecule has 5 nitrogen and oxygen atoms in total. The molecule has 5 atom stereocenters. The maximum Gasteiger partial charge on any atom is 0.248 e. The van der Waals surface area contributed by atoms with E-state index in [4.69, 9.17) is 5.73 Å². The molecule has 4 N–H and O–H groups in total. The SMILES string of the molecule is NC(=O)c1ccc([C@@H]2Nc3ccc4[nH]ncc4c3[C@H]3C4CCC(C4)C[C@@H]23)cc1. The molecule has 28 heavy (non-hydrogen) atoms. The summed E-state index contributed by atoms with van der Waals surface area (Å²) in [6.07, 6.45) is 7.33. The maximum absolute atomic E-state index is 11.5. The number of aromatic nitrogens is 2. The number of hydrogen-bond donors (Lipinski definition) is 3. The van der Waals surface area contributed by atoms with Crippen LogP contribution in [0.3, 0.4) is 0 Å². The van der Waals surface area contributed by atoms with Crippen molar-refractivity contribution in [2.45, 2.75) is 37.6 Å². The highest BCUT2D eigenvalue weighted by Gasteiger charge is 2.49. The van der Waals surface area contributed by atoms with E-state index in [1.54, 1.807) is 0 Å². The molecule has 5 heteroatoms. The fourth-order valence-electron chi connectivity index (χ4n) is 6.31. The smallest absolute Gasteiger partial charge is 0.248 e. The van der Waals surface area contributed by atoms with Gasteiger partial charge in [-0.1, -0.05) is 18.6 Å². The van der Waals surface area contributed by atoms with Crippen molar-refractivity contribution < 1.29 is 4.79 Å². The van der Waals surface area contributed by atoms with E-state index < -0.39 is 0 Å². The van der Waals surface area contributed by atoms with Gasteiger partial charge in [0, 0.05) is 16.6 Å². The van der Waals surface area contributed by atoms with Gasteiger partial charge in [0.2, 0.25) is 5.91 Å². The molecule has 1 aliphatic heterocycles. The van der Waals surface area contributed by atoms with Crippen molar-refractivity contribution in [1.29, 1.82) is 0 Å². The van der Waals surface area contributed by atoms with E-state index in [9.17, 15) is 4.79 Å². The van der Waals surface area contributed by atoms with Gasteiger partial charge in [-0.05, 0) is 78.3 Å². The monoisotopic (exact) mass is 372 g/mol. The number of carbonyl (C=O) groups excluding carboxylic acids is 1. The highest BCUT2D eigenvalue weighted by molar-refractivity contribution is 5.92. The van der Waals surface area contributed by atoms with Gasteiger partial charge in [0.05, 0.1) is 17.8 Å². The van der Waals surface area contributed by atoms with E-state index in [2.05, 4.69) is 39.8 Å². The molecule has 2 aromatic carbocycles. The first kappa shape index (κ1) is 16.2. The lowest BCUT2D eigenvalue weighted by Crippen LogP contribution is -2.38. The number of hydrogen-bond acceptors (Lipinski definition) is 3. The van der Waals surface area contributed by atoms with E-state index in [0.717, 1.165) is 17.4 Å². The number of nitrogens with two attached hydrogens (primary N) is 1.